The normalized spacial score (nSPS) is 17.8. The van der Waals surface area contributed by atoms with E-state index in [4.69, 9.17) is 14.6 Å². The molecule has 26 heavy (non-hydrogen) atoms. The van der Waals surface area contributed by atoms with E-state index in [1.54, 1.807) is 19.1 Å². The molecule has 0 saturated carbocycles. The third kappa shape index (κ3) is 4.47. The van der Waals surface area contributed by atoms with Gasteiger partial charge in [-0.3, -0.25) is 9.69 Å². The highest BCUT2D eigenvalue weighted by Crippen LogP contribution is 2.27. The van der Waals surface area contributed by atoms with E-state index >= 15 is 0 Å². The van der Waals surface area contributed by atoms with Crippen molar-refractivity contribution in [2.24, 2.45) is 0 Å². The minimum Gasteiger partial charge on any atom is -0.482 e. The molecular formula is C18H21N3O5. The number of aryl methyl sites for hydroxylation is 1. The topological polar surface area (TPSA) is 105 Å². The number of aromatic nitrogens is 2. The molecule has 0 bridgehead atoms. The zero-order valence-corrected chi connectivity index (χ0v) is 14.5. The number of morpholine rings is 1. The van der Waals surface area contributed by atoms with Gasteiger partial charge in [0.25, 0.3) is 5.56 Å². The molecule has 138 valence electrons. The molecule has 1 aromatic heterocycles. The van der Waals surface area contributed by atoms with E-state index < -0.39 is 12.6 Å². The minimum absolute atomic E-state index is 0.155. The lowest BCUT2D eigenvalue weighted by molar-refractivity contribution is -0.139. The second kappa shape index (κ2) is 8.11. The third-order valence-corrected chi connectivity index (χ3v) is 4.16. The van der Waals surface area contributed by atoms with Crippen molar-refractivity contribution in [1.82, 2.24) is 14.9 Å². The van der Waals surface area contributed by atoms with Crippen LogP contribution in [0.4, 0.5) is 0 Å². The smallest absolute Gasteiger partial charge is 0.341 e. The van der Waals surface area contributed by atoms with Crippen LogP contribution in [0.3, 0.4) is 0 Å². The fourth-order valence-corrected chi connectivity index (χ4v) is 3.01. The van der Waals surface area contributed by atoms with Crippen LogP contribution in [0.1, 0.15) is 23.1 Å². The zero-order chi connectivity index (χ0) is 18.5. The van der Waals surface area contributed by atoms with Crippen LogP contribution in [0.5, 0.6) is 5.75 Å². The lowest BCUT2D eigenvalue weighted by atomic mass is 10.1. The van der Waals surface area contributed by atoms with E-state index in [2.05, 4.69) is 14.9 Å². The number of carboxylic acid groups (broad SMARTS) is 1. The van der Waals surface area contributed by atoms with Crippen molar-refractivity contribution < 1.29 is 19.4 Å². The number of hydrogen-bond acceptors (Lipinski definition) is 6. The molecule has 1 aliphatic rings. The van der Waals surface area contributed by atoms with E-state index in [1.165, 1.54) is 6.07 Å². The summed E-state index contributed by atoms with van der Waals surface area (Å²) in [7, 11) is 0. The summed E-state index contributed by atoms with van der Waals surface area (Å²) >= 11 is 0. The molecular weight excluding hydrogens is 338 g/mol. The highest BCUT2D eigenvalue weighted by molar-refractivity contribution is 5.68. The maximum Gasteiger partial charge on any atom is 0.341 e. The number of benzene rings is 1. The van der Waals surface area contributed by atoms with Gasteiger partial charge < -0.3 is 19.6 Å². The van der Waals surface area contributed by atoms with Gasteiger partial charge in [-0.25, -0.2) is 9.78 Å². The second-order valence-corrected chi connectivity index (χ2v) is 6.11. The average Bonchev–Trinajstić information content (AvgIpc) is 2.60. The number of para-hydroxylation sites is 1. The monoisotopic (exact) mass is 359 g/mol. The average molecular weight is 359 g/mol. The van der Waals surface area contributed by atoms with Gasteiger partial charge in [-0.15, -0.1) is 0 Å². The molecule has 0 amide bonds. The Bertz CT molecular complexity index is 836. The molecule has 1 atom stereocenters. The van der Waals surface area contributed by atoms with Crippen molar-refractivity contribution in [1.29, 1.82) is 0 Å². The summed E-state index contributed by atoms with van der Waals surface area (Å²) in [6, 6.07) is 8.68. The lowest BCUT2D eigenvalue weighted by Gasteiger charge is -2.35. The summed E-state index contributed by atoms with van der Waals surface area (Å²) in [6.45, 7) is 3.58. The van der Waals surface area contributed by atoms with Crippen LogP contribution in [0, 0.1) is 6.92 Å². The standard InChI is InChI=1S/C18H21N3O5/c1-12-19-14(8-17(22)20-12)15-10-25-7-6-21(15)9-13-4-2-3-5-16(13)26-11-18(23)24/h2-5,8,15H,6-7,9-11H2,1H3,(H,23,24)(H,19,20,22). The Morgan fingerprint density at radius 3 is 3.04 bits per heavy atom. The number of hydrogen-bond donors (Lipinski definition) is 2. The van der Waals surface area contributed by atoms with Gasteiger partial charge in [-0.2, -0.15) is 0 Å². The fraction of sp³-hybridized carbons (Fsp3) is 0.389. The van der Waals surface area contributed by atoms with Crippen LogP contribution < -0.4 is 10.3 Å². The Hall–Kier alpha value is -2.71. The summed E-state index contributed by atoms with van der Waals surface area (Å²) in [4.78, 5) is 31.8. The molecule has 3 rings (SSSR count). The van der Waals surface area contributed by atoms with Gasteiger partial charge in [0.05, 0.1) is 24.9 Å². The Balaban J connectivity index is 1.83. The summed E-state index contributed by atoms with van der Waals surface area (Å²) in [5.41, 5.74) is 1.35. The second-order valence-electron chi connectivity index (χ2n) is 6.11. The van der Waals surface area contributed by atoms with Crippen LogP contribution in [-0.2, 0) is 16.1 Å². The molecule has 1 fully saturated rings. The molecule has 2 aromatic rings. The zero-order valence-electron chi connectivity index (χ0n) is 14.5. The van der Waals surface area contributed by atoms with Gasteiger partial charge >= 0.3 is 5.97 Å². The number of rotatable bonds is 6. The number of ether oxygens (including phenoxy) is 2. The minimum atomic E-state index is -1.02. The van der Waals surface area contributed by atoms with E-state index in [0.717, 1.165) is 5.56 Å². The summed E-state index contributed by atoms with van der Waals surface area (Å²) in [6.07, 6.45) is 0. The highest BCUT2D eigenvalue weighted by Gasteiger charge is 2.27. The maximum absolute atomic E-state index is 11.8. The number of carboxylic acids is 1. The summed E-state index contributed by atoms with van der Waals surface area (Å²) < 4.78 is 11.0. The van der Waals surface area contributed by atoms with Crippen molar-refractivity contribution in [2.75, 3.05) is 26.4 Å². The fourth-order valence-electron chi connectivity index (χ4n) is 3.01. The third-order valence-electron chi connectivity index (χ3n) is 4.16. The molecule has 8 heteroatoms. The van der Waals surface area contributed by atoms with Crippen molar-refractivity contribution in [3.8, 4) is 5.75 Å². The largest absolute Gasteiger partial charge is 0.482 e. The number of carbonyl (C=O) groups is 1. The molecule has 0 radical (unpaired) electrons. The molecule has 2 N–H and O–H groups in total. The Morgan fingerprint density at radius 2 is 2.27 bits per heavy atom. The van der Waals surface area contributed by atoms with Crippen molar-refractivity contribution in [3.63, 3.8) is 0 Å². The first-order chi connectivity index (χ1) is 12.5. The lowest BCUT2D eigenvalue weighted by Crippen LogP contribution is -2.40. The molecule has 1 unspecified atom stereocenters. The molecule has 1 aromatic carbocycles. The van der Waals surface area contributed by atoms with Gasteiger partial charge in [0.15, 0.2) is 6.61 Å². The van der Waals surface area contributed by atoms with E-state index in [9.17, 15) is 9.59 Å². The Kier molecular flexibility index (Phi) is 5.65. The van der Waals surface area contributed by atoms with Crippen LogP contribution in [0.2, 0.25) is 0 Å². The predicted molar refractivity (Wildman–Crippen MR) is 93.1 cm³/mol. The molecule has 0 aliphatic carbocycles. The molecule has 0 spiro atoms. The number of aromatic amines is 1. The maximum atomic E-state index is 11.8. The molecule has 1 aliphatic heterocycles. The van der Waals surface area contributed by atoms with Crippen LogP contribution >= 0.6 is 0 Å². The number of H-pyrrole nitrogens is 1. The Labute approximate surface area is 150 Å². The van der Waals surface area contributed by atoms with Crippen LogP contribution in [-0.4, -0.2) is 52.3 Å². The van der Waals surface area contributed by atoms with Gasteiger partial charge in [-0.05, 0) is 13.0 Å². The SMILES string of the molecule is Cc1nc(C2COCCN2Cc2ccccc2OCC(=O)O)cc(=O)[nH]1. The predicted octanol–water partition coefficient (Wildman–Crippen LogP) is 1.12. The van der Waals surface area contributed by atoms with Gasteiger partial charge in [0, 0.05) is 24.7 Å². The first kappa shape index (κ1) is 18.1. The van der Waals surface area contributed by atoms with Gasteiger partial charge in [0.1, 0.15) is 11.6 Å². The van der Waals surface area contributed by atoms with Gasteiger partial charge in [-0.1, -0.05) is 18.2 Å². The number of nitrogens with one attached hydrogen (secondary N) is 1. The number of aliphatic carboxylic acids is 1. The van der Waals surface area contributed by atoms with Crippen molar-refractivity contribution in [2.45, 2.75) is 19.5 Å². The molecule has 8 nitrogen and oxygen atoms in total. The van der Waals surface area contributed by atoms with E-state index in [1.807, 2.05) is 12.1 Å². The summed E-state index contributed by atoms with van der Waals surface area (Å²) in [5.74, 6) is 0.0747. The van der Waals surface area contributed by atoms with E-state index in [0.29, 0.717) is 43.6 Å². The first-order valence-electron chi connectivity index (χ1n) is 8.35. The Morgan fingerprint density at radius 1 is 1.46 bits per heavy atom. The van der Waals surface area contributed by atoms with Crippen LogP contribution in [0.15, 0.2) is 35.1 Å². The van der Waals surface area contributed by atoms with Crippen molar-refractivity contribution >= 4 is 5.97 Å². The highest BCUT2D eigenvalue weighted by atomic mass is 16.5. The number of nitrogens with zero attached hydrogens (tertiary/aromatic N) is 2. The van der Waals surface area contributed by atoms with Crippen molar-refractivity contribution in [3.05, 3.63) is 57.8 Å². The first-order valence-corrected chi connectivity index (χ1v) is 8.35. The summed E-state index contributed by atoms with van der Waals surface area (Å²) in [5, 5.41) is 8.84. The quantitative estimate of drug-likeness (QED) is 0.796. The van der Waals surface area contributed by atoms with E-state index in [-0.39, 0.29) is 11.6 Å². The van der Waals surface area contributed by atoms with Gasteiger partial charge in [0.2, 0.25) is 0 Å². The van der Waals surface area contributed by atoms with Crippen LogP contribution in [0.25, 0.3) is 0 Å². The molecule has 1 saturated heterocycles. The molecule has 2 heterocycles.